The van der Waals surface area contributed by atoms with Gasteiger partial charge in [0.05, 0.1) is 0 Å². The van der Waals surface area contributed by atoms with Crippen LogP contribution in [0.3, 0.4) is 0 Å². The van der Waals surface area contributed by atoms with Crippen molar-refractivity contribution >= 4 is 0 Å². The molecule has 0 bridgehead atoms. The van der Waals surface area contributed by atoms with Crippen LogP contribution >= 0.6 is 0 Å². The Labute approximate surface area is 75.7 Å². The average Bonchev–Trinajstić information content (AvgIpc) is 1.78. The van der Waals surface area contributed by atoms with Gasteiger partial charge in [0.2, 0.25) is 0 Å². The van der Waals surface area contributed by atoms with E-state index in [4.69, 9.17) is 11.5 Å². The van der Waals surface area contributed by atoms with Crippen LogP contribution in [0.2, 0.25) is 0 Å². The Kier molecular flexibility index (Phi) is 3.13. The average molecular weight is 170 g/mol. The minimum Gasteiger partial charge on any atom is -0.327 e. The van der Waals surface area contributed by atoms with Crippen LogP contribution in [-0.4, -0.2) is 11.6 Å². The zero-order chi connectivity index (χ0) is 9.19. The van der Waals surface area contributed by atoms with Crippen molar-refractivity contribution in [2.24, 2.45) is 17.4 Å². The van der Waals surface area contributed by atoms with Gasteiger partial charge in [-0.15, -0.1) is 0 Å². The molecule has 0 aromatic carbocycles. The standard InChI is InChI=1S/C10H22N2/c1-10(2,12)7-6-9(11)8-4-3-5-8/h8-9H,3-7,11-12H2,1-2H3. The molecular weight excluding hydrogens is 148 g/mol. The predicted molar refractivity (Wildman–Crippen MR) is 52.8 cm³/mol. The van der Waals surface area contributed by atoms with Gasteiger partial charge in [-0.05, 0) is 45.4 Å². The van der Waals surface area contributed by atoms with Gasteiger partial charge in [0.15, 0.2) is 0 Å². The lowest BCUT2D eigenvalue weighted by molar-refractivity contribution is 0.241. The maximum Gasteiger partial charge on any atom is 0.00976 e. The minimum atomic E-state index is -0.0403. The van der Waals surface area contributed by atoms with Gasteiger partial charge in [-0.3, -0.25) is 0 Å². The Hall–Kier alpha value is -0.0800. The summed E-state index contributed by atoms with van der Waals surface area (Å²) in [6.45, 7) is 4.14. The molecule has 0 aliphatic heterocycles. The topological polar surface area (TPSA) is 52.0 Å². The highest BCUT2D eigenvalue weighted by Crippen LogP contribution is 2.30. The third-order valence-electron chi connectivity index (χ3n) is 2.88. The second-order valence-electron chi connectivity index (χ2n) is 4.88. The molecule has 4 N–H and O–H groups in total. The largest absolute Gasteiger partial charge is 0.327 e. The van der Waals surface area contributed by atoms with Crippen LogP contribution < -0.4 is 11.5 Å². The summed E-state index contributed by atoms with van der Waals surface area (Å²) in [5.41, 5.74) is 11.9. The van der Waals surface area contributed by atoms with E-state index in [2.05, 4.69) is 13.8 Å². The third kappa shape index (κ3) is 3.11. The summed E-state index contributed by atoms with van der Waals surface area (Å²) in [7, 11) is 0. The summed E-state index contributed by atoms with van der Waals surface area (Å²) in [4.78, 5) is 0. The van der Waals surface area contributed by atoms with Gasteiger partial charge < -0.3 is 11.5 Å². The number of hydrogen-bond donors (Lipinski definition) is 2. The molecule has 2 nitrogen and oxygen atoms in total. The van der Waals surface area contributed by atoms with Crippen LogP contribution in [0.25, 0.3) is 0 Å². The minimum absolute atomic E-state index is 0.0403. The van der Waals surface area contributed by atoms with Crippen LogP contribution in [0.5, 0.6) is 0 Å². The molecule has 1 unspecified atom stereocenters. The summed E-state index contributed by atoms with van der Waals surface area (Å²) in [6.07, 6.45) is 6.20. The maximum atomic E-state index is 6.03. The number of nitrogens with two attached hydrogens (primary N) is 2. The zero-order valence-electron chi connectivity index (χ0n) is 8.34. The second kappa shape index (κ2) is 3.75. The summed E-state index contributed by atoms with van der Waals surface area (Å²) in [5, 5.41) is 0. The van der Waals surface area contributed by atoms with E-state index in [0.717, 1.165) is 18.8 Å². The van der Waals surface area contributed by atoms with Crippen LogP contribution in [0.1, 0.15) is 46.0 Å². The summed E-state index contributed by atoms with van der Waals surface area (Å²) >= 11 is 0. The van der Waals surface area contributed by atoms with Crippen molar-refractivity contribution in [3.8, 4) is 0 Å². The van der Waals surface area contributed by atoms with E-state index < -0.39 is 0 Å². The van der Waals surface area contributed by atoms with Crippen LogP contribution in [0.4, 0.5) is 0 Å². The van der Waals surface area contributed by atoms with Crippen molar-refractivity contribution in [3.63, 3.8) is 0 Å². The van der Waals surface area contributed by atoms with Crippen molar-refractivity contribution in [1.29, 1.82) is 0 Å². The van der Waals surface area contributed by atoms with Gasteiger partial charge in [-0.25, -0.2) is 0 Å². The molecule has 0 aromatic rings. The highest BCUT2D eigenvalue weighted by molar-refractivity contribution is 4.83. The highest BCUT2D eigenvalue weighted by Gasteiger charge is 2.25. The number of rotatable bonds is 4. The fourth-order valence-electron chi connectivity index (χ4n) is 1.64. The van der Waals surface area contributed by atoms with Gasteiger partial charge in [-0.2, -0.15) is 0 Å². The highest BCUT2D eigenvalue weighted by atomic mass is 14.7. The van der Waals surface area contributed by atoms with Crippen LogP contribution in [0.15, 0.2) is 0 Å². The fourth-order valence-corrected chi connectivity index (χ4v) is 1.64. The number of hydrogen-bond acceptors (Lipinski definition) is 2. The molecule has 0 aromatic heterocycles. The zero-order valence-corrected chi connectivity index (χ0v) is 8.34. The molecule has 0 radical (unpaired) electrons. The van der Waals surface area contributed by atoms with E-state index in [-0.39, 0.29) is 5.54 Å². The SMILES string of the molecule is CC(C)(N)CCC(N)C1CCC1. The van der Waals surface area contributed by atoms with E-state index in [1.165, 1.54) is 19.3 Å². The van der Waals surface area contributed by atoms with E-state index in [0.29, 0.717) is 6.04 Å². The molecule has 2 heteroatoms. The van der Waals surface area contributed by atoms with Crippen molar-refractivity contribution in [1.82, 2.24) is 0 Å². The van der Waals surface area contributed by atoms with Crippen LogP contribution in [-0.2, 0) is 0 Å². The monoisotopic (exact) mass is 170 g/mol. The molecule has 0 amide bonds. The van der Waals surface area contributed by atoms with Crippen molar-refractivity contribution in [2.45, 2.75) is 57.5 Å². The summed E-state index contributed by atoms with van der Waals surface area (Å²) in [5.74, 6) is 0.798. The van der Waals surface area contributed by atoms with E-state index >= 15 is 0 Å². The van der Waals surface area contributed by atoms with Gasteiger partial charge in [0.1, 0.15) is 0 Å². The van der Waals surface area contributed by atoms with E-state index in [1.54, 1.807) is 0 Å². The Morgan fingerprint density at radius 1 is 1.42 bits per heavy atom. The van der Waals surface area contributed by atoms with Crippen molar-refractivity contribution in [2.75, 3.05) is 0 Å². The van der Waals surface area contributed by atoms with Gasteiger partial charge in [-0.1, -0.05) is 6.42 Å². The molecular formula is C10H22N2. The maximum absolute atomic E-state index is 6.03. The molecule has 1 rings (SSSR count). The van der Waals surface area contributed by atoms with E-state index in [9.17, 15) is 0 Å². The Morgan fingerprint density at radius 2 is 2.00 bits per heavy atom. The molecule has 0 spiro atoms. The predicted octanol–water partition coefficient (Wildman–Crippen LogP) is 1.63. The first-order chi connectivity index (χ1) is 5.49. The van der Waals surface area contributed by atoms with Crippen molar-refractivity contribution in [3.05, 3.63) is 0 Å². The van der Waals surface area contributed by atoms with Crippen LogP contribution in [0, 0.1) is 5.92 Å². The van der Waals surface area contributed by atoms with Gasteiger partial charge in [0.25, 0.3) is 0 Å². The Balaban J connectivity index is 2.13. The lowest BCUT2D eigenvalue weighted by atomic mass is 9.77. The molecule has 1 aliphatic carbocycles. The Bertz CT molecular complexity index is 133. The summed E-state index contributed by atoms with van der Waals surface area (Å²) in [6, 6.07) is 0.404. The molecule has 1 saturated carbocycles. The lowest BCUT2D eigenvalue weighted by Gasteiger charge is -2.32. The van der Waals surface area contributed by atoms with Crippen molar-refractivity contribution < 1.29 is 0 Å². The molecule has 1 atom stereocenters. The Morgan fingerprint density at radius 3 is 2.33 bits per heavy atom. The second-order valence-corrected chi connectivity index (χ2v) is 4.88. The third-order valence-corrected chi connectivity index (χ3v) is 2.88. The first-order valence-electron chi connectivity index (χ1n) is 5.03. The first-order valence-corrected chi connectivity index (χ1v) is 5.03. The normalized spacial score (nSPS) is 22.0. The molecule has 72 valence electrons. The lowest BCUT2D eigenvalue weighted by Crippen LogP contribution is -2.39. The smallest absolute Gasteiger partial charge is 0.00976 e. The molecule has 0 heterocycles. The molecule has 1 fully saturated rings. The van der Waals surface area contributed by atoms with Gasteiger partial charge >= 0.3 is 0 Å². The van der Waals surface area contributed by atoms with E-state index in [1.807, 2.05) is 0 Å². The fraction of sp³-hybridized carbons (Fsp3) is 1.00. The summed E-state index contributed by atoms with van der Waals surface area (Å²) < 4.78 is 0. The first kappa shape index (κ1) is 10.0. The molecule has 0 saturated heterocycles. The molecule has 1 aliphatic rings. The van der Waals surface area contributed by atoms with Gasteiger partial charge in [0, 0.05) is 11.6 Å². The quantitative estimate of drug-likeness (QED) is 0.673. The molecule has 12 heavy (non-hydrogen) atoms.